The summed E-state index contributed by atoms with van der Waals surface area (Å²) in [4.78, 5) is 0. The molecule has 0 aromatic heterocycles. The van der Waals surface area contributed by atoms with Gasteiger partial charge in [-0.05, 0) is 69.5 Å². The van der Waals surface area contributed by atoms with E-state index in [4.69, 9.17) is 0 Å². The van der Waals surface area contributed by atoms with E-state index < -0.39 is 0 Å². The molecular weight excluding hydrogens is 508 g/mol. The molecule has 4 aromatic carbocycles. The second-order valence-corrected chi connectivity index (χ2v) is 9.87. The van der Waals surface area contributed by atoms with Gasteiger partial charge in [0, 0.05) is 8.95 Å². The zero-order chi connectivity index (χ0) is 21.6. The predicted molar refractivity (Wildman–Crippen MR) is 138 cm³/mol. The first kappa shape index (κ1) is 20.7. The molecule has 1 aliphatic rings. The van der Waals surface area contributed by atoms with Crippen molar-refractivity contribution >= 4 is 31.9 Å². The van der Waals surface area contributed by atoms with Gasteiger partial charge in [0.2, 0.25) is 0 Å². The molecule has 0 heterocycles. The molecule has 0 unspecified atom stereocenters. The first-order valence-corrected chi connectivity index (χ1v) is 12.5. The van der Waals surface area contributed by atoms with Crippen LogP contribution in [0.3, 0.4) is 0 Å². The zero-order valence-electron chi connectivity index (χ0n) is 17.8. The number of rotatable bonds is 4. The summed E-state index contributed by atoms with van der Waals surface area (Å²) >= 11 is 7.53. The molecule has 5 rings (SSSR count). The lowest BCUT2D eigenvalue weighted by atomic mass is 9.67. The van der Waals surface area contributed by atoms with Crippen LogP contribution in [0.25, 0.3) is 11.1 Å². The Balaban J connectivity index is 1.95. The number of hydrogen-bond donors (Lipinski definition) is 0. The van der Waals surface area contributed by atoms with Gasteiger partial charge in [-0.2, -0.15) is 0 Å². The summed E-state index contributed by atoms with van der Waals surface area (Å²) in [7, 11) is 0. The normalized spacial score (nSPS) is 13.7. The van der Waals surface area contributed by atoms with Crippen LogP contribution in [0.15, 0.2) is 93.9 Å². The van der Waals surface area contributed by atoms with Crippen molar-refractivity contribution in [3.63, 3.8) is 0 Å². The van der Waals surface area contributed by atoms with Gasteiger partial charge in [0.05, 0.1) is 5.41 Å². The molecule has 0 aliphatic heterocycles. The summed E-state index contributed by atoms with van der Waals surface area (Å²) in [5, 5.41) is 0. The SMILES string of the molecule is CCc1cc(C2(c3ccc(Br)c(CC)c3)c3ccccc3-c3ccccc32)ccc1Br. The van der Waals surface area contributed by atoms with E-state index in [1.165, 1.54) is 53.5 Å². The average Bonchev–Trinajstić information content (AvgIpc) is 3.11. The van der Waals surface area contributed by atoms with Crippen molar-refractivity contribution < 1.29 is 0 Å². The van der Waals surface area contributed by atoms with Crippen LogP contribution in [0.1, 0.15) is 47.2 Å². The van der Waals surface area contributed by atoms with Crippen LogP contribution in [0.4, 0.5) is 0 Å². The maximum atomic E-state index is 3.76. The Labute approximate surface area is 201 Å². The van der Waals surface area contributed by atoms with Crippen molar-refractivity contribution in [3.05, 3.63) is 127 Å². The van der Waals surface area contributed by atoms with Gasteiger partial charge >= 0.3 is 0 Å². The lowest BCUT2D eigenvalue weighted by Gasteiger charge is -2.34. The van der Waals surface area contributed by atoms with Crippen LogP contribution in [0.5, 0.6) is 0 Å². The summed E-state index contributed by atoms with van der Waals surface area (Å²) in [6, 6.07) is 31.7. The Hall–Kier alpha value is -2.16. The highest BCUT2D eigenvalue weighted by Gasteiger charge is 2.46. The van der Waals surface area contributed by atoms with Gasteiger partial charge in [0.25, 0.3) is 0 Å². The number of hydrogen-bond acceptors (Lipinski definition) is 0. The molecule has 0 amide bonds. The van der Waals surface area contributed by atoms with E-state index in [0.717, 1.165) is 12.8 Å². The van der Waals surface area contributed by atoms with Gasteiger partial charge in [-0.15, -0.1) is 0 Å². The standard InChI is InChI=1S/C29H24Br2/c1-3-19-17-21(13-15-27(19)30)29(22-14-16-28(31)20(4-2)18-22)25-11-7-5-9-23(25)24-10-6-8-12-26(24)29/h5-18H,3-4H2,1-2H3. The minimum absolute atomic E-state index is 0.331. The van der Waals surface area contributed by atoms with Crippen LogP contribution in [0, 0.1) is 0 Å². The van der Waals surface area contributed by atoms with Crippen molar-refractivity contribution in [1.29, 1.82) is 0 Å². The number of fused-ring (bicyclic) bond motifs is 3. The van der Waals surface area contributed by atoms with Crippen molar-refractivity contribution in [2.24, 2.45) is 0 Å². The third kappa shape index (κ3) is 3.07. The van der Waals surface area contributed by atoms with Crippen LogP contribution in [-0.4, -0.2) is 0 Å². The number of halogens is 2. The monoisotopic (exact) mass is 530 g/mol. The Morgan fingerprint density at radius 1 is 0.581 bits per heavy atom. The fourth-order valence-corrected chi connectivity index (χ4v) is 6.24. The molecule has 154 valence electrons. The smallest absolute Gasteiger partial charge is 0.0619 e. The quantitative estimate of drug-likeness (QED) is 0.217. The van der Waals surface area contributed by atoms with Gasteiger partial charge in [0.15, 0.2) is 0 Å². The van der Waals surface area contributed by atoms with Crippen molar-refractivity contribution in [2.45, 2.75) is 32.1 Å². The van der Waals surface area contributed by atoms with E-state index >= 15 is 0 Å². The van der Waals surface area contributed by atoms with E-state index in [1.54, 1.807) is 0 Å². The van der Waals surface area contributed by atoms with E-state index in [-0.39, 0.29) is 5.41 Å². The Morgan fingerprint density at radius 3 is 1.42 bits per heavy atom. The summed E-state index contributed by atoms with van der Waals surface area (Å²) in [6.07, 6.45) is 1.99. The third-order valence-corrected chi connectivity index (χ3v) is 8.22. The van der Waals surface area contributed by atoms with Crippen LogP contribution in [-0.2, 0) is 18.3 Å². The van der Waals surface area contributed by atoms with Crippen LogP contribution < -0.4 is 0 Å². The third-order valence-electron chi connectivity index (χ3n) is 6.67. The Kier molecular flexibility index (Phi) is 5.40. The Morgan fingerprint density at radius 2 is 1.00 bits per heavy atom. The molecular formula is C29H24Br2. The van der Waals surface area contributed by atoms with Crippen molar-refractivity contribution in [3.8, 4) is 11.1 Å². The van der Waals surface area contributed by atoms with E-state index in [0.29, 0.717) is 0 Å². The molecule has 0 saturated heterocycles. The zero-order valence-corrected chi connectivity index (χ0v) is 20.9. The summed E-state index contributed by atoms with van der Waals surface area (Å²) < 4.78 is 2.36. The molecule has 31 heavy (non-hydrogen) atoms. The molecule has 0 N–H and O–H groups in total. The molecule has 0 nitrogen and oxygen atoms in total. The summed E-state index contributed by atoms with van der Waals surface area (Å²) in [5.41, 5.74) is 10.4. The lowest BCUT2D eigenvalue weighted by molar-refractivity contribution is 0.763. The van der Waals surface area contributed by atoms with E-state index in [2.05, 4.69) is 131 Å². The maximum absolute atomic E-state index is 3.76. The molecule has 1 aliphatic carbocycles. The average molecular weight is 532 g/mol. The van der Waals surface area contributed by atoms with Gasteiger partial charge in [0.1, 0.15) is 0 Å². The van der Waals surface area contributed by atoms with Crippen LogP contribution >= 0.6 is 31.9 Å². The highest BCUT2D eigenvalue weighted by molar-refractivity contribution is 9.10. The highest BCUT2D eigenvalue weighted by Crippen LogP contribution is 2.56. The topological polar surface area (TPSA) is 0 Å². The maximum Gasteiger partial charge on any atom is 0.0713 e. The second kappa shape index (κ2) is 8.07. The molecule has 0 bridgehead atoms. The van der Waals surface area contributed by atoms with Gasteiger partial charge in [-0.3, -0.25) is 0 Å². The molecule has 4 aromatic rings. The fourth-order valence-electron chi connectivity index (χ4n) is 5.18. The predicted octanol–water partition coefficient (Wildman–Crippen LogP) is 8.70. The van der Waals surface area contributed by atoms with Gasteiger partial charge < -0.3 is 0 Å². The molecule has 0 spiro atoms. The summed E-state index contributed by atoms with van der Waals surface area (Å²) in [5.74, 6) is 0. The second-order valence-electron chi connectivity index (χ2n) is 8.16. The van der Waals surface area contributed by atoms with Crippen molar-refractivity contribution in [2.75, 3.05) is 0 Å². The number of benzene rings is 4. The molecule has 2 heteroatoms. The fraction of sp³-hybridized carbons (Fsp3) is 0.172. The lowest BCUT2D eigenvalue weighted by Crippen LogP contribution is -2.29. The van der Waals surface area contributed by atoms with E-state index in [1.807, 2.05) is 0 Å². The van der Waals surface area contributed by atoms with E-state index in [9.17, 15) is 0 Å². The molecule has 0 fully saturated rings. The highest BCUT2D eigenvalue weighted by atomic mass is 79.9. The number of aryl methyl sites for hydroxylation is 2. The summed E-state index contributed by atoms with van der Waals surface area (Å²) in [6.45, 7) is 4.45. The van der Waals surface area contributed by atoms with Gasteiger partial charge in [-0.25, -0.2) is 0 Å². The van der Waals surface area contributed by atoms with Crippen LogP contribution in [0.2, 0.25) is 0 Å². The largest absolute Gasteiger partial charge is 0.0713 e. The molecule has 0 radical (unpaired) electrons. The molecule has 0 atom stereocenters. The minimum atomic E-state index is -0.331. The van der Waals surface area contributed by atoms with Gasteiger partial charge in [-0.1, -0.05) is 119 Å². The molecule has 0 saturated carbocycles. The first-order valence-electron chi connectivity index (χ1n) is 10.9. The first-order chi connectivity index (χ1) is 15.1. The van der Waals surface area contributed by atoms with Crippen molar-refractivity contribution in [1.82, 2.24) is 0 Å². The minimum Gasteiger partial charge on any atom is -0.0619 e. The Bertz CT molecular complexity index is 1180.